The predicted molar refractivity (Wildman–Crippen MR) is 82.6 cm³/mol. The molecule has 0 spiro atoms. The monoisotopic (exact) mass is 328 g/mol. The van der Waals surface area contributed by atoms with Crippen LogP contribution in [0, 0.1) is 17.1 Å². The summed E-state index contributed by atoms with van der Waals surface area (Å²) in [5.41, 5.74) is 0.677. The molecule has 0 aromatic heterocycles. The molecule has 0 heterocycles. The molecule has 2 aromatic carbocycles. The maximum absolute atomic E-state index is 12.7. The lowest BCUT2D eigenvalue weighted by Crippen LogP contribution is -2.23. The van der Waals surface area contributed by atoms with E-state index >= 15 is 0 Å². The van der Waals surface area contributed by atoms with Crippen LogP contribution in [0.15, 0.2) is 48.5 Å². The van der Waals surface area contributed by atoms with Gasteiger partial charge in [0.2, 0.25) is 0 Å². The summed E-state index contributed by atoms with van der Waals surface area (Å²) in [6.45, 7) is -0.929. The zero-order valence-electron chi connectivity index (χ0n) is 12.5. The molecule has 0 radical (unpaired) electrons. The predicted octanol–water partition coefficient (Wildman–Crippen LogP) is 2.26. The highest BCUT2D eigenvalue weighted by Crippen LogP contribution is 2.16. The van der Waals surface area contributed by atoms with Crippen molar-refractivity contribution in [1.29, 1.82) is 5.26 Å². The second-order valence-electron chi connectivity index (χ2n) is 4.61. The first-order valence-corrected chi connectivity index (χ1v) is 6.91. The van der Waals surface area contributed by atoms with Gasteiger partial charge in [-0.1, -0.05) is 12.1 Å². The van der Waals surface area contributed by atoms with Crippen molar-refractivity contribution < 1.29 is 23.5 Å². The first-order chi connectivity index (χ1) is 11.6. The van der Waals surface area contributed by atoms with Gasteiger partial charge in [-0.25, -0.2) is 9.18 Å². The fourth-order valence-electron chi connectivity index (χ4n) is 1.74. The number of nitriles is 1. The quantitative estimate of drug-likeness (QED) is 0.822. The number of amides is 1. The van der Waals surface area contributed by atoms with Crippen LogP contribution in [-0.2, 0) is 14.3 Å². The number of carbonyl (C=O) groups is 2. The normalized spacial score (nSPS) is 9.67. The topological polar surface area (TPSA) is 88.4 Å². The molecular formula is C17H13FN2O4. The number of hydrogen-bond donors (Lipinski definition) is 1. The first-order valence-electron chi connectivity index (χ1n) is 6.91. The highest BCUT2D eigenvalue weighted by atomic mass is 19.1. The van der Waals surface area contributed by atoms with Crippen molar-refractivity contribution in [3.63, 3.8) is 0 Å². The van der Waals surface area contributed by atoms with Crippen LogP contribution in [0.2, 0.25) is 0 Å². The van der Waals surface area contributed by atoms with Gasteiger partial charge in [0.25, 0.3) is 5.91 Å². The maximum atomic E-state index is 12.7. The molecule has 0 saturated heterocycles. The number of anilines is 1. The van der Waals surface area contributed by atoms with Crippen molar-refractivity contribution in [2.24, 2.45) is 0 Å². The van der Waals surface area contributed by atoms with Crippen LogP contribution >= 0.6 is 0 Å². The van der Waals surface area contributed by atoms with E-state index in [9.17, 15) is 14.0 Å². The zero-order valence-corrected chi connectivity index (χ0v) is 12.5. The van der Waals surface area contributed by atoms with Crippen LogP contribution in [-0.4, -0.2) is 25.1 Å². The lowest BCUT2D eigenvalue weighted by molar-refractivity contribution is -0.149. The summed E-state index contributed by atoms with van der Waals surface area (Å²) in [6, 6.07) is 13.5. The standard InChI is InChI=1S/C17H13FN2O4/c18-13-5-7-14(8-6-13)20-16(21)10-24-17(22)11-23-15-4-2-1-3-12(15)9-19/h1-8H,10-11H2,(H,20,21). The lowest BCUT2D eigenvalue weighted by Gasteiger charge is -2.08. The van der Waals surface area contributed by atoms with Crippen molar-refractivity contribution >= 4 is 17.6 Å². The summed E-state index contributed by atoms with van der Waals surface area (Å²) >= 11 is 0. The number of halogens is 1. The van der Waals surface area contributed by atoms with E-state index < -0.39 is 30.9 Å². The lowest BCUT2D eigenvalue weighted by atomic mass is 10.2. The van der Waals surface area contributed by atoms with Crippen molar-refractivity contribution in [1.82, 2.24) is 0 Å². The summed E-state index contributed by atoms with van der Waals surface area (Å²) in [6.07, 6.45) is 0. The van der Waals surface area contributed by atoms with E-state index in [0.717, 1.165) is 0 Å². The van der Waals surface area contributed by atoms with Gasteiger partial charge in [-0.3, -0.25) is 4.79 Å². The molecular weight excluding hydrogens is 315 g/mol. The fourth-order valence-corrected chi connectivity index (χ4v) is 1.74. The van der Waals surface area contributed by atoms with Crippen LogP contribution in [0.25, 0.3) is 0 Å². The van der Waals surface area contributed by atoms with Crippen molar-refractivity contribution in [2.75, 3.05) is 18.5 Å². The van der Waals surface area contributed by atoms with Gasteiger partial charge < -0.3 is 14.8 Å². The van der Waals surface area contributed by atoms with Gasteiger partial charge in [0.05, 0.1) is 5.56 Å². The van der Waals surface area contributed by atoms with Gasteiger partial charge in [-0.15, -0.1) is 0 Å². The summed E-state index contributed by atoms with van der Waals surface area (Å²) in [4.78, 5) is 23.2. The Morgan fingerprint density at radius 2 is 1.79 bits per heavy atom. The number of esters is 1. The molecule has 0 aliphatic heterocycles. The third-order valence-electron chi connectivity index (χ3n) is 2.85. The molecule has 6 nitrogen and oxygen atoms in total. The average molecular weight is 328 g/mol. The Balaban J connectivity index is 1.75. The van der Waals surface area contributed by atoms with Crippen LogP contribution in [0.3, 0.4) is 0 Å². The molecule has 2 aromatic rings. The Morgan fingerprint density at radius 3 is 2.50 bits per heavy atom. The van der Waals surface area contributed by atoms with Gasteiger partial charge in [0, 0.05) is 5.69 Å². The molecule has 0 saturated carbocycles. The van der Waals surface area contributed by atoms with E-state index in [1.54, 1.807) is 24.3 Å². The number of carbonyl (C=O) groups excluding carboxylic acids is 2. The van der Waals surface area contributed by atoms with Gasteiger partial charge in [0.15, 0.2) is 13.2 Å². The number of hydrogen-bond acceptors (Lipinski definition) is 5. The van der Waals surface area contributed by atoms with Gasteiger partial charge in [-0.05, 0) is 36.4 Å². The van der Waals surface area contributed by atoms with E-state index in [2.05, 4.69) is 5.32 Å². The van der Waals surface area contributed by atoms with Crippen LogP contribution < -0.4 is 10.1 Å². The molecule has 0 atom stereocenters. The second kappa shape index (κ2) is 8.29. The number of rotatable bonds is 6. The van der Waals surface area contributed by atoms with E-state index in [0.29, 0.717) is 11.3 Å². The van der Waals surface area contributed by atoms with Crippen LogP contribution in [0.1, 0.15) is 5.56 Å². The molecule has 122 valence electrons. The maximum Gasteiger partial charge on any atom is 0.344 e. The Hall–Kier alpha value is -3.40. The number of benzene rings is 2. The van der Waals surface area contributed by atoms with Crippen molar-refractivity contribution in [3.8, 4) is 11.8 Å². The molecule has 1 N–H and O–H groups in total. The van der Waals surface area contributed by atoms with Gasteiger partial charge in [-0.2, -0.15) is 5.26 Å². The van der Waals surface area contributed by atoms with E-state index in [1.807, 2.05) is 6.07 Å². The molecule has 0 unspecified atom stereocenters. The van der Waals surface area contributed by atoms with Gasteiger partial charge in [0.1, 0.15) is 17.6 Å². The number of ether oxygens (including phenoxy) is 2. The van der Waals surface area contributed by atoms with Crippen molar-refractivity contribution in [2.45, 2.75) is 0 Å². The largest absolute Gasteiger partial charge is 0.481 e. The Bertz CT molecular complexity index is 769. The summed E-state index contributed by atoms with van der Waals surface area (Å²) in [5, 5.41) is 11.3. The van der Waals surface area contributed by atoms with Gasteiger partial charge >= 0.3 is 5.97 Å². The molecule has 2 rings (SSSR count). The fraction of sp³-hybridized carbons (Fsp3) is 0.118. The third kappa shape index (κ3) is 5.10. The summed E-state index contributed by atoms with van der Waals surface area (Å²) in [5.74, 6) is -1.48. The molecule has 0 aliphatic carbocycles. The van der Waals surface area contributed by atoms with E-state index in [1.165, 1.54) is 24.3 Å². The molecule has 0 aliphatic rings. The molecule has 0 bridgehead atoms. The summed E-state index contributed by atoms with van der Waals surface area (Å²) in [7, 11) is 0. The highest BCUT2D eigenvalue weighted by Gasteiger charge is 2.10. The van der Waals surface area contributed by atoms with E-state index in [-0.39, 0.29) is 5.75 Å². The van der Waals surface area contributed by atoms with Crippen molar-refractivity contribution in [3.05, 3.63) is 59.9 Å². The molecule has 1 amide bonds. The first kappa shape index (κ1) is 17.0. The Kier molecular flexibility index (Phi) is 5.86. The summed E-state index contributed by atoms with van der Waals surface area (Å²) < 4.78 is 22.7. The molecule has 0 fully saturated rings. The SMILES string of the molecule is N#Cc1ccccc1OCC(=O)OCC(=O)Nc1ccc(F)cc1. The minimum atomic E-state index is -0.753. The van der Waals surface area contributed by atoms with E-state index in [4.69, 9.17) is 14.7 Å². The Morgan fingerprint density at radius 1 is 1.08 bits per heavy atom. The third-order valence-corrected chi connectivity index (χ3v) is 2.85. The van der Waals surface area contributed by atoms with Crippen LogP contribution in [0.5, 0.6) is 5.75 Å². The number of para-hydroxylation sites is 1. The van der Waals surface area contributed by atoms with Crippen LogP contribution in [0.4, 0.5) is 10.1 Å². The molecule has 7 heteroatoms. The minimum Gasteiger partial charge on any atom is -0.481 e. The minimum absolute atomic E-state index is 0.257. The number of nitrogens with one attached hydrogen (secondary N) is 1. The Labute approximate surface area is 137 Å². The zero-order chi connectivity index (χ0) is 17.4. The number of nitrogens with zero attached hydrogens (tertiary/aromatic N) is 1. The molecule has 24 heavy (non-hydrogen) atoms. The average Bonchev–Trinajstić information content (AvgIpc) is 2.60. The smallest absolute Gasteiger partial charge is 0.344 e. The highest BCUT2D eigenvalue weighted by molar-refractivity contribution is 5.92. The second-order valence-corrected chi connectivity index (χ2v) is 4.61.